The maximum atomic E-state index is 13.3. The number of hydrogen-bond donors (Lipinski definition) is 0. The average Bonchev–Trinajstić information content (AvgIpc) is 3.10. The van der Waals surface area contributed by atoms with Crippen LogP contribution in [0, 0.1) is 0 Å². The van der Waals surface area contributed by atoms with Gasteiger partial charge in [0.2, 0.25) is 0 Å². The minimum atomic E-state index is 0.0823. The summed E-state index contributed by atoms with van der Waals surface area (Å²) < 4.78 is 13.0. The zero-order valence-electron chi connectivity index (χ0n) is 16.0. The zero-order chi connectivity index (χ0) is 19.0. The molecule has 5 heteroatoms. The fourth-order valence-corrected chi connectivity index (χ4v) is 3.91. The van der Waals surface area contributed by atoms with E-state index < -0.39 is 0 Å². The molecule has 0 unspecified atom stereocenters. The van der Waals surface area contributed by atoms with E-state index >= 15 is 0 Å². The van der Waals surface area contributed by atoms with Crippen molar-refractivity contribution in [2.24, 2.45) is 0 Å². The van der Waals surface area contributed by atoms with Gasteiger partial charge in [0.1, 0.15) is 0 Å². The standard InChI is InChI=1S/C22H24N2O3/c1-4-23-14-18(17-7-5-6-8-19(17)23)22(25)24-10-9-15-11-20(26-2)21(27-3)12-16(15)13-24/h5-8,11-12,14H,4,9-10,13H2,1-3H3. The molecule has 0 bridgehead atoms. The largest absolute Gasteiger partial charge is 0.493 e. The van der Waals surface area contributed by atoms with E-state index in [4.69, 9.17) is 9.47 Å². The second kappa shape index (κ2) is 6.99. The van der Waals surface area contributed by atoms with Crippen LogP contribution in [0.4, 0.5) is 0 Å². The molecular formula is C22H24N2O3. The van der Waals surface area contributed by atoms with Crippen LogP contribution >= 0.6 is 0 Å². The first kappa shape index (κ1) is 17.5. The molecule has 3 aromatic rings. The molecule has 0 saturated heterocycles. The maximum Gasteiger partial charge on any atom is 0.256 e. The highest BCUT2D eigenvalue weighted by atomic mass is 16.5. The molecule has 2 aromatic carbocycles. The third-order valence-electron chi connectivity index (χ3n) is 5.36. The van der Waals surface area contributed by atoms with Crippen molar-refractivity contribution in [3.63, 3.8) is 0 Å². The fraction of sp³-hybridized carbons (Fsp3) is 0.318. The van der Waals surface area contributed by atoms with Crippen LogP contribution in [0.3, 0.4) is 0 Å². The van der Waals surface area contributed by atoms with Crippen LogP contribution in [0.5, 0.6) is 11.5 Å². The number of hydrogen-bond acceptors (Lipinski definition) is 3. The Morgan fingerprint density at radius 3 is 2.48 bits per heavy atom. The first-order valence-electron chi connectivity index (χ1n) is 9.27. The van der Waals surface area contributed by atoms with Crippen LogP contribution in [-0.2, 0) is 19.5 Å². The molecule has 0 spiro atoms. The molecule has 0 radical (unpaired) electrons. The van der Waals surface area contributed by atoms with E-state index in [1.807, 2.05) is 41.4 Å². The quantitative estimate of drug-likeness (QED) is 0.706. The topological polar surface area (TPSA) is 43.7 Å². The van der Waals surface area contributed by atoms with Crippen LogP contribution in [-0.4, -0.2) is 36.1 Å². The monoisotopic (exact) mass is 364 g/mol. The number of rotatable bonds is 4. The van der Waals surface area contributed by atoms with Gasteiger partial charge in [-0.15, -0.1) is 0 Å². The highest BCUT2D eigenvalue weighted by Crippen LogP contribution is 2.34. The minimum absolute atomic E-state index is 0.0823. The number of aryl methyl sites for hydroxylation is 1. The first-order valence-corrected chi connectivity index (χ1v) is 9.27. The van der Waals surface area contributed by atoms with Crippen LogP contribution in [0.15, 0.2) is 42.6 Å². The fourth-order valence-electron chi connectivity index (χ4n) is 3.91. The lowest BCUT2D eigenvalue weighted by molar-refractivity contribution is 0.0736. The molecule has 1 aromatic heterocycles. The first-order chi connectivity index (χ1) is 13.2. The van der Waals surface area contributed by atoms with Gasteiger partial charge in [-0.2, -0.15) is 0 Å². The van der Waals surface area contributed by atoms with Gasteiger partial charge in [0.25, 0.3) is 5.91 Å². The van der Waals surface area contributed by atoms with Gasteiger partial charge >= 0.3 is 0 Å². The van der Waals surface area contributed by atoms with Gasteiger partial charge in [-0.1, -0.05) is 18.2 Å². The van der Waals surface area contributed by atoms with Crippen molar-refractivity contribution in [1.82, 2.24) is 9.47 Å². The summed E-state index contributed by atoms with van der Waals surface area (Å²) in [6.07, 6.45) is 2.80. The van der Waals surface area contributed by atoms with E-state index in [2.05, 4.69) is 17.6 Å². The number of amides is 1. The van der Waals surface area contributed by atoms with Crippen molar-refractivity contribution >= 4 is 16.8 Å². The smallest absolute Gasteiger partial charge is 0.256 e. The normalized spacial score (nSPS) is 13.5. The Morgan fingerprint density at radius 2 is 1.78 bits per heavy atom. The number of para-hydroxylation sites is 1. The molecule has 1 aliphatic heterocycles. The van der Waals surface area contributed by atoms with Crippen molar-refractivity contribution in [2.75, 3.05) is 20.8 Å². The molecule has 2 heterocycles. The van der Waals surface area contributed by atoms with E-state index in [-0.39, 0.29) is 5.91 Å². The van der Waals surface area contributed by atoms with Gasteiger partial charge in [-0.05, 0) is 42.7 Å². The summed E-state index contributed by atoms with van der Waals surface area (Å²) >= 11 is 0. The molecule has 1 amide bonds. The van der Waals surface area contributed by atoms with Crippen molar-refractivity contribution < 1.29 is 14.3 Å². The molecule has 0 atom stereocenters. The van der Waals surface area contributed by atoms with Gasteiger partial charge in [0.05, 0.1) is 19.8 Å². The minimum Gasteiger partial charge on any atom is -0.493 e. The maximum absolute atomic E-state index is 13.3. The highest BCUT2D eigenvalue weighted by molar-refractivity contribution is 6.07. The van der Waals surface area contributed by atoms with Gasteiger partial charge in [-0.3, -0.25) is 4.79 Å². The lowest BCUT2D eigenvalue weighted by Crippen LogP contribution is -2.36. The average molecular weight is 364 g/mol. The Balaban J connectivity index is 1.67. The molecule has 0 aliphatic carbocycles. The van der Waals surface area contributed by atoms with Gasteiger partial charge < -0.3 is 18.9 Å². The number of benzene rings is 2. The summed E-state index contributed by atoms with van der Waals surface area (Å²) in [7, 11) is 3.28. The van der Waals surface area contributed by atoms with E-state index in [0.29, 0.717) is 18.8 Å². The summed E-state index contributed by atoms with van der Waals surface area (Å²) in [5.41, 5.74) is 4.21. The SMILES string of the molecule is CCn1cc(C(=O)N2CCc3cc(OC)c(OC)cc3C2)c2ccccc21. The third kappa shape index (κ3) is 2.93. The van der Waals surface area contributed by atoms with Crippen LogP contribution < -0.4 is 9.47 Å². The molecule has 0 saturated carbocycles. The number of ether oxygens (including phenoxy) is 2. The second-order valence-corrected chi connectivity index (χ2v) is 6.80. The van der Waals surface area contributed by atoms with Crippen LogP contribution in [0.1, 0.15) is 28.4 Å². The Hall–Kier alpha value is -2.95. The zero-order valence-corrected chi connectivity index (χ0v) is 16.0. The highest BCUT2D eigenvalue weighted by Gasteiger charge is 2.25. The van der Waals surface area contributed by atoms with Crippen molar-refractivity contribution in [2.45, 2.75) is 26.4 Å². The number of nitrogens with zero attached hydrogens (tertiary/aromatic N) is 2. The summed E-state index contributed by atoms with van der Waals surface area (Å²) in [5.74, 6) is 1.52. The van der Waals surface area contributed by atoms with Crippen molar-refractivity contribution in [3.8, 4) is 11.5 Å². The number of fused-ring (bicyclic) bond motifs is 2. The lowest BCUT2D eigenvalue weighted by atomic mass is 9.98. The lowest BCUT2D eigenvalue weighted by Gasteiger charge is -2.29. The van der Waals surface area contributed by atoms with E-state index in [1.165, 1.54) is 5.56 Å². The Bertz CT molecular complexity index is 1010. The molecular weight excluding hydrogens is 340 g/mol. The molecule has 0 fully saturated rings. The van der Waals surface area contributed by atoms with Crippen molar-refractivity contribution in [3.05, 3.63) is 59.3 Å². The van der Waals surface area contributed by atoms with E-state index in [1.54, 1.807) is 14.2 Å². The van der Waals surface area contributed by atoms with E-state index in [9.17, 15) is 4.79 Å². The Labute approximate surface area is 159 Å². The molecule has 5 nitrogen and oxygen atoms in total. The summed E-state index contributed by atoms with van der Waals surface area (Å²) in [4.78, 5) is 15.2. The van der Waals surface area contributed by atoms with Gasteiger partial charge in [0, 0.05) is 36.7 Å². The summed E-state index contributed by atoms with van der Waals surface area (Å²) in [5, 5.41) is 1.02. The number of carbonyl (C=O) groups is 1. The summed E-state index contributed by atoms with van der Waals surface area (Å²) in [6, 6.07) is 12.1. The predicted molar refractivity (Wildman–Crippen MR) is 106 cm³/mol. The Kier molecular flexibility index (Phi) is 4.52. The van der Waals surface area contributed by atoms with E-state index in [0.717, 1.165) is 40.7 Å². The number of carbonyl (C=O) groups excluding carboxylic acids is 1. The molecule has 140 valence electrons. The number of methoxy groups -OCH3 is 2. The molecule has 1 aliphatic rings. The summed E-state index contributed by atoms with van der Waals surface area (Å²) in [6.45, 7) is 4.22. The Morgan fingerprint density at radius 1 is 1.07 bits per heavy atom. The van der Waals surface area contributed by atoms with Gasteiger partial charge in [0.15, 0.2) is 11.5 Å². The van der Waals surface area contributed by atoms with Crippen molar-refractivity contribution in [1.29, 1.82) is 0 Å². The van der Waals surface area contributed by atoms with Crippen LogP contribution in [0.2, 0.25) is 0 Å². The number of aromatic nitrogens is 1. The second-order valence-electron chi connectivity index (χ2n) is 6.80. The molecule has 27 heavy (non-hydrogen) atoms. The van der Waals surface area contributed by atoms with Gasteiger partial charge in [-0.25, -0.2) is 0 Å². The predicted octanol–water partition coefficient (Wildman–Crippen LogP) is 3.88. The van der Waals surface area contributed by atoms with Crippen LogP contribution in [0.25, 0.3) is 10.9 Å². The third-order valence-corrected chi connectivity index (χ3v) is 5.36. The molecule has 0 N–H and O–H groups in total. The molecule has 4 rings (SSSR count).